The van der Waals surface area contributed by atoms with Gasteiger partial charge in [0.1, 0.15) is 16.5 Å². The highest BCUT2D eigenvalue weighted by atomic mass is 127. The third-order valence-electron chi connectivity index (χ3n) is 4.89. The Morgan fingerprint density at radius 2 is 1.71 bits per heavy atom. The van der Waals surface area contributed by atoms with Gasteiger partial charge in [0.05, 0.1) is 22.3 Å². The van der Waals surface area contributed by atoms with E-state index in [-0.39, 0.29) is 35.2 Å². The number of anilines is 1. The number of carbonyl (C=O) groups is 2. The van der Waals surface area contributed by atoms with Crippen molar-refractivity contribution in [3.63, 3.8) is 0 Å². The SMILES string of the molecule is CCOC(=O)c1ccc(NC(=O)/C(C#N)=C/c2cc(I)c(OS(=O)(=O)c3ccccc3)c(OCC)c2)cc1. The largest absolute Gasteiger partial charge is 0.490 e. The number of benzene rings is 3. The number of hydrogen-bond acceptors (Lipinski definition) is 8. The zero-order valence-electron chi connectivity index (χ0n) is 20.4. The van der Waals surface area contributed by atoms with Crippen molar-refractivity contribution in [3.05, 3.63) is 87.0 Å². The maximum absolute atomic E-state index is 12.8. The van der Waals surface area contributed by atoms with E-state index in [1.807, 2.05) is 28.7 Å². The van der Waals surface area contributed by atoms with Gasteiger partial charge in [-0.3, -0.25) is 4.79 Å². The molecule has 0 saturated heterocycles. The van der Waals surface area contributed by atoms with Crippen LogP contribution in [0.15, 0.2) is 77.2 Å². The molecule has 0 aliphatic carbocycles. The first-order chi connectivity index (χ1) is 18.2. The average Bonchev–Trinajstić information content (AvgIpc) is 2.90. The van der Waals surface area contributed by atoms with Crippen LogP contribution in [-0.4, -0.2) is 33.5 Å². The number of halogens is 1. The highest BCUT2D eigenvalue weighted by Crippen LogP contribution is 2.37. The molecule has 196 valence electrons. The zero-order chi connectivity index (χ0) is 27.7. The van der Waals surface area contributed by atoms with Gasteiger partial charge in [0.25, 0.3) is 5.91 Å². The Hall–Kier alpha value is -3.89. The maximum Gasteiger partial charge on any atom is 0.339 e. The summed E-state index contributed by atoms with van der Waals surface area (Å²) in [6.07, 6.45) is 1.35. The molecule has 11 heteroatoms. The highest BCUT2D eigenvalue weighted by molar-refractivity contribution is 14.1. The van der Waals surface area contributed by atoms with Crippen molar-refractivity contribution in [1.82, 2.24) is 0 Å². The summed E-state index contributed by atoms with van der Waals surface area (Å²) in [6, 6.07) is 18.7. The molecule has 0 heterocycles. The lowest BCUT2D eigenvalue weighted by Gasteiger charge is -2.14. The van der Waals surface area contributed by atoms with Crippen LogP contribution in [0.1, 0.15) is 29.8 Å². The molecular weight excluding hydrogens is 623 g/mol. The average molecular weight is 646 g/mol. The Balaban J connectivity index is 1.86. The Morgan fingerprint density at radius 1 is 1.03 bits per heavy atom. The van der Waals surface area contributed by atoms with Crippen LogP contribution in [-0.2, 0) is 19.6 Å². The van der Waals surface area contributed by atoms with E-state index in [1.54, 1.807) is 38.1 Å². The molecule has 0 spiro atoms. The van der Waals surface area contributed by atoms with Gasteiger partial charge in [0, 0.05) is 5.69 Å². The van der Waals surface area contributed by atoms with Crippen molar-refractivity contribution in [2.75, 3.05) is 18.5 Å². The van der Waals surface area contributed by atoms with E-state index in [1.165, 1.54) is 48.5 Å². The molecule has 0 unspecified atom stereocenters. The fourth-order valence-electron chi connectivity index (χ4n) is 3.18. The summed E-state index contributed by atoms with van der Waals surface area (Å²) in [6.45, 7) is 3.89. The van der Waals surface area contributed by atoms with Crippen LogP contribution in [0.4, 0.5) is 5.69 Å². The maximum atomic E-state index is 12.8. The summed E-state index contributed by atoms with van der Waals surface area (Å²) in [5.41, 5.74) is 0.925. The molecule has 9 nitrogen and oxygen atoms in total. The number of nitrogens with zero attached hydrogens (tertiary/aromatic N) is 1. The molecule has 1 amide bonds. The third kappa shape index (κ3) is 7.33. The summed E-state index contributed by atoms with van der Waals surface area (Å²) in [4.78, 5) is 24.5. The molecule has 0 aliphatic heterocycles. The van der Waals surface area contributed by atoms with Crippen LogP contribution < -0.4 is 14.2 Å². The number of carbonyl (C=O) groups excluding carboxylic acids is 2. The molecule has 0 radical (unpaired) electrons. The Labute approximate surface area is 234 Å². The first-order valence-electron chi connectivity index (χ1n) is 11.3. The van der Waals surface area contributed by atoms with E-state index < -0.39 is 22.0 Å². The number of amides is 1. The van der Waals surface area contributed by atoms with Gasteiger partial charge in [0.2, 0.25) is 0 Å². The normalized spacial score (nSPS) is 11.3. The lowest BCUT2D eigenvalue weighted by Crippen LogP contribution is -2.14. The minimum Gasteiger partial charge on any atom is -0.490 e. The predicted octanol–water partition coefficient (Wildman–Crippen LogP) is 5.18. The molecule has 3 aromatic carbocycles. The van der Waals surface area contributed by atoms with E-state index in [0.717, 1.165) is 0 Å². The van der Waals surface area contributed by atoms with E-state index >= 15 is 0 Å². The smallest absolute Gasteiger partial charge is 0.339 e. The van der Waals surface area contributed by atoms with Gasteiger partial charge >= 0.3 is 16.1 Å². The molecule has 0 bridgehead atoms. The van der Waals surface area contributed by atoms with Gasteiger partial charge in [-0.2, -0.15) is 13.7 Å². The molecule has 0 aliphatic rings. The number of nitrogens with one attached hydrogen (secondary N) is 1. The quantitative estimate of drug-likeness (QED) is 0.105. The predicted molar refractivity (Wildman–Crippen MR) is 149 cm³/mol. The van der Waals surface area contributed by atoms with Crippen LogP contribution in [0.25, 0.3) is 6.08 Å². The fourth-order valence-corrected chi connectivity index (χ4v) is 5.04. The van der Waals surface area contributed by atoms with E-state index in [4.69, 9.17) is 13.7 Å². The second-order valence-electron chi connectivity index (χ2n) is 7.54. The standard InChI is InChI=1S/C27H23IN2O7S/c1-3-35-24-16-18(15-23(28)25(24)37-38(33,34)22-8-6-5-7-9-22)14-20(17-29)26(31)30-21-12-10-19(11-13-21)27(32)36-4-2/h5-16H,3-4H2,1-2H3,(H,30,31)/b20-14+. The Morgan fingerprint density at radius 3 is 2.32 bits per heavy atom. The van der Waals surface area contributed by atoms with Crippen LogP contribution in [0.5, 0.6) is 11.5 Å². The van der Waals surface area contributed by atoms with Crippen LogP contribution in [0.3, 0.4) is 0 Å². The summed E-state index contributed by atoms with van der Waals surface area (Å²) in [5, 5.41) is 12.2. The van der Waals surface area contributed by atoms with Gasteiger partial charge < -0.3 is 19.0 Å². The van der Waals surface area contributed by atoms with Crippen LogP contribution in [0.2, 0.25) is 0 Å². The molecule has 38 heavy (non-hydrogen) atoms. The van der Waals surface area contributed by atoms with E-state index in [2.05, 4.69) is 5.32 Å². The minimum absolute atomic E-state index is 0.00176. The Kier molecular flexibility index (Phi) is 9.86. The van der Waals surface area contributed by atoms with Crippen molar-refractivity contribution in [3.8, 4) is 17.6 Å². The van der Waals surface area contributed by atoms with E-state index in [0.29, 0.717) is 20.4 Å². The summed E-state index contributed by atoms with van der Waals surface area (Å²) in [7, 11) is -4.12. The lowest BCUT2D eigenvalue weighted by molar-refractivity contribution is -0.112. The molecule has 0 saturated carbocycles. The van der Waals surface area contributed by atoms with Gasteiger partial charge in [-0.1, -0.05) is 18.2 Å². The first-order valence-corrected chi connectivity index (χ1v) is 13.8. The Bertz CT molecular complexity index is 1500. The fraction of sp³-hybridized carbons (Fsp3) is 0.148. The van der Waals surface area contributed by atoms with Gasteiger partial charge in [0.15, 0.2) is 11.5 Å². The van der Waals surface area contributed by atoms with Crippen molar-refractivity contribution in [2.24, 2.45) is 0 Å². The van der Waals surface area contributed by atoms with Crippen molar-refractivity contribution in [1.29, 1.82) is 5.26 Å². The summed E-state index contributed by atoms with van der Waals surface area (Å²) in [5.74, 6) is -1.02. The van der Waals surface area contributed by atoms with Crippen LogP contribution >= 0.6 is 22.6 Å². The molecule has 1 N–H and O–H groups in total. The van der Waals surface area contributed by atoms with Crippen LogP contribution in [0, 0.1) is 14.9 Å². The number of esters is 1. The van der Waals surface area contributed by atoms with Gasteiger partial charge in [-0.05, 0) is 96.6 Å². The number of hydrogen-bond donors (Lipinski definition) is 1. The number of nitriles is 1. The van der Waals surface area contributed by atoms with Gasteiger partial charge in [-0.15, -0.1) is 0 Å². The third-order valence-corrected chi connectivity index (χ3v) is 6.92. The second kappa shape index (κ2) is 13.1. The first kappa shape index (κ1) is 28.7. The molecule has 3 aromatic rings. The minimum atomic E-state index is -4.12. The monoisotopic (exact) mass is 646 g/mol. The van der Waals surface area contributed by atoms with Crippen molar-refractivity contribution < 1.29 is 31.7 Å². The highest BCUT2D eigenvalue weighted by Gasteiger charge is 2.22. The number of rotatable bonds is 10. The van der Waals surface area contributed by atoms with Gasteiger partial charge in [-0.25, -0.2) is 4.79 Å². The van der Waals surface area contributed by atoms with Crippen molar-refractivity contribution in [2.45, 2.75) is 18.7 Å². The summed E-state index contributed by atoms with van der Waals surface area (Å²) < 4.78 is 41.9. The van der Waals surface area contributed by atoms with E-state index in [9.17, 15) is 23.3 Å². The molecule has 0 fully saturated rings. The second-order valence-corrected chi connectivity index (χ2v) is 10.2. The molecule has 0 aromatic heterocycles. The molecule has 0 atom stereocenters. The molecule has 3 rings (SSSR count). The topological polar surface area (TPSA) is 132 Å². The number of ether oxygens (including phenoxy) is 2. The zero-order valence-corrected chi connectivity index (χ0v) is 23.4. The summed E-state index contributed by atoms with van der Waals surface area (Å²) >= 11 is 1.90. The molecular formula is C27H23IN2O7S. The van der Waals surface area contributed by atoms with Crippen molar-refractivity contribution >= 4 is 56.3 Å². The lowest BCUT2D eigenvalue weighted by atomic mass is 10.1.